The maximum atomic E-state index is 12.1. The number of carbonyl (C=O) groups excluding carboxylic acids is 2. The third kappa shape index (κ3) is 3.39. The van der Waals surface area contributed by atoms with Crippen LogP contribution in [-0.4, -0.2) is 42.0 Å². The van der Waals surface area contributed by atoms with Gasteiger partial charge in [0.1, 0.15) is 12.6 Å². The molecular weight excluding hydrogens is 261 g/mol. The van der Waals surface area contributed by atoms with Gasteiger partial charge in [0.15, 0.2) is 0 Å². The number of halogens is 3. The molecule has 19 heavy (non-hydrogen) atoms. The molecule has 0 aromatic heterocycles. The summed E-state index contributed by atoms with van der Waals surface area (Å²) < 4.78 is 36.2. The Kier molecular flexibility index (Phi) is 4.01. The summed E-state index contributed by atoms with van der Waals surface area (Å²) in [6.45, 7) is -0.868. The second kappa shape index (κ2) is 5.38. The number of nitrogens with zero attached hydrogens (tertiary/aromatic N) is 1. The van der Waals surface area contributed by atoms with Crippen LogP contribution in [-0.2, 0) is 9.59 Å². The molecule has 0 bridgehead atoms. The molecule has 1 unspecified atom stereocenters. The van der Waals surface area contributed by atoms with Crippen molar-refractivity contribution in [2.75, 3.05) is 13.1 Å². The first kappa shape index (κ1) is 14.1. The summed E-state index contributed by atoms with van der Waals surface area (Å²) in [6, 6.07) is -0.726. The molecule has 7 heteroatoms. The maximum absolute atomic E-state index is 12.1. The van der Waals surface area contributed by atoms with E-state index in [1.165, 1.54) is 4.90 Å². The monoisotopic (exact) mass is 278 g/mol. The van der Waals surface area contributed by atoms with Crippen LogP contribution < -0.4 is 5.32 Å². The first-order chi connectivity index (χ1) is 8.88. The molecule has 2 fully saturated rings. The largest absolute Gasteiger partial charge is 0.405 e. The van der Waals surface area contributed by atoms with Crippen LogP contribution in [0.3, 0.4) is 0 Å². The Morgan fingerprint density at radius 2 is 1.84 bits per heavy atom. The van der Waals surface area contributed by atoms with Gasteiger partial charge in [0.25, 0.3) is 0 Å². The van der Waals surface area contributed by atoms with Gasteiger partial charge in [0, 0.05) is 12.5 Å². The van der Waals surface area contributed by atoms with E-state index >= 15 is 0 Å². The fourth-order valence-corrected chi connectivity index (χ4v) is 2.50. The van der Waals surface area contributed by atoms with Crippen molar-refractivity contribution in [2.45, 2.75) is 44.3 Å². The van der Waals surface area contributed by atoms with E-state index in [1.807, 2.05) is 5.32 Å². The molecule has 0 radical (unpaired) electrons. The normalized spacial score (nSPS) is 24.2. The van der Waals surface area contributed by atoms with E-state index in [9.17, 15) is 22.8 Å². The van der Waals surface area contributed by atoms with Gasteiger partial charge in [-0.1, -0.05) is 6.42 Å². The number of hydrogen-bond acceptors (Lipinski definition) is 2. The molecule has 108 valence electrons. The molecule has 1 aliphatic carbocycles. The quantitative estimate of drug-likeness (QED) is 0.849. The first-order valence-electron chi connectivity index (χ1n) is 6.53. The van der Waals surface area contributed by atoms with Gasteiger partial charge in [0.05, 0.1) is 0 Å². The zero-order valence-electron chi connectivity index (χ0n) is 10.5. The Morgan fingerprint density at radius 1 is 1.16 bits per heavy atom. The second-order valence-corrected chi connectivity index (χ2v) is 5.15. The van der Waals surface area contributed by atoms with E-state index in [4.69, 9.17) is 0 Å². The molecule has 1 N–H and O–H groups in total. The zero-order chi connectivity index (χ0) is 14.0. The number of rotatable bonds is 3. The van der Waals surface area contributed by atoms with E-state index in [1.54, 1.807) is 0 Å². The van der Waals surface area contributed by atoms with Crippen LogP contribution in [0.4, 0.5) is 13.2 Å². The zero-order valence-corrected chi connectivity index (χ0v) is 10.5. The van der Waals surface area contributed by atoms with Gasteiger partial charge in [-0.3, -0.25) is 9.59 Å². The van der Waals surface area contributed by atoms with Crippen LogP contribution in [0.5, 0.6) is 0 Å². The highest BCUT2D eigenvalue weighted by atomic mass is 19.4. The molecule has 2 aliphatic rings. The average molecular weight is 278 g/mol. The van der Waals surface area contributed by atoms with Gasteiger partial charge in [-0.25, -0.2) is 0 Å². The summed E-state index contributed by atoms with van der Waals surface area (Å²) in [5.74, 6) is -0.797. The van der Waals surface area contributed by atoms with E-state index in [0.717, 1.165) is 19.3 Å². The summed E-state index contributed by atoms with van der Waals surface area (Å²) in [6.07, 6.45) is -0.643. The number of alkyl halides is 3. The second-order valence-electron chi connectivity index (χ2n) is 5.15. The van der Waals surface area contributed by atoms with Crippen molar-refractivity contribution in [2.24, 2.45) is 5.92 Å². The van der Waals surface area contributed by atoms with Crippen molar-refractivity contribution < 1.29 is 22.8 Å². The van der Waals surface area contributed by atoms with Crippen molar-refractivity contribution in [1.29, 1.82) is 0 Å². The molecular formula is C12H17F3N2O2. The number of hydrogen-bond donors (Lipinski definition) is 1. The van der Waals surface area contributed by atoms with Crippen molar-refractivity contribution in [3.8, 4) is 0 Å². The van der Waals surface area contributed by atoms with Gasteiger partial charge in [-0.05, 0) is 25.7 Å². The number of amides is 2. The molecule has 1 saturated heterocycles. The smallest absolute Gasteiger partial charge is 0.345 e. The minimum Gasteiger partial charge on any atom is -0.345 e. The minimum absolute atomic E-state index is 0.0315. The summed E-state index contributed by atoms with van der Waals surface area (Å²) >= 11 is 0. The van der Waals surface area contributed by atoms with Crippen molar-refractivity contribution in [3.05, 3.63) is 0 Å². The lowest BCUT2D eigenvalue weighted by Crippen LogP contribution is -2.50. The van der Waals surface area contributed by atoms with Crippen LogP contribution >= 0.6 is 0 Å². The highest BCUT2D eigenvalue weighted by Gasteiger charge is 2.39. The third-order valence-electron chi connectivity index (χ3n) is 3.76. The van der Waals surface area contributed by atoms with Gasteiger partial charge in [-0.15, -0.1) is 0 Å². The molecule has 1 saturated carbocycles. The van der Waals surface area contributed by atoms with Gasteiger partial charge < -0.3 is 10.2 Å². The summed E-state index contributed by atoms with van der Waals surface area (Å²) in [5, 5.41) is 1.87. The highest BCUT2D eigenvalue weighted by molar-refractivity contribution is 5.89. The van der Waals surface area contributed by atoms with Gasteiger partial charge in [-0.2, -0.15) is 13.2 Å². The van der Waals surface area contributed by atoms with Crippen LogP contribution in [0.25, 0.3) is 0 Å². The number of carbonyl (C=O) groups is 2. The summed E-state index contributed by atoms with van der Waals surface area (Å²) in [7, 11) is 0. The lowest BCUT2D eigenvalue weighted by atomic mass is 9.84. The van der Waals surface area contributed by atoms with E-state index < -0.39 is 24.7 Å². The standard InChI is InChI=1S/C12H17F3N2O2/c13-12(14,15)7-16-10(18)9-5-2-6-17(9)11(19)8-3-1-4-8/h8-9H,1-7H2,(H,16,18). The Hall–Kier alpha value is -1.27. The molecule has 0 aromatic carbocycles. The fourth-order valence-electron chi connectivity index (χ4n) is 2.50. The summed E-state index contributed by atoms with van der Waals surface area (Å²) in [4.78, 5) is 25.3. The molecule has 2 amide bonds. The predicted molar refractivity (Wildman–Crippen MR) is 61.1 cm³/mol. The summed E-state index contributed by atoms with van der Waals surface area (Å²) in [5.41, 5.74) is 0. The fraction of sp³-hybridized carbons (Fsp3) is 0.833. The van der Waals surface area contributed by atoms with E-state index in [0.29, 0.717) is 19.4 Å². The Labute approximate surface area is 109 Å². The van der Waals surface area contributed by atoms with Crippen molar-refractivity contribution in [1.82, 2.24) is 10.2 Å². The van der Waals surface area contributed by atoms with Crippen LogP contribution in [0, 0.1) is 5.92 Å². The molecule has 0 spiro atoms. The van der Waals surface area contributed by atoms with Gasteiger partial charge in [0.2, 0.25) is 11.8 Å². The minimum atomic E-state index is -4.42. The average Bonchev–Trinajstić information content (AvgIpc) is 2.71. The van der Waals surface area contributed by atoms with Crippen molar-refractivity contribution in [3.63, 3.8) is 0 Å². The SMILES string of the molecule is O=C(NCC(F)(F)F)C1CCCN1C(=O)C1CCC1. The third-order valence-corrected chi connectivity index (χ3v) is 3.76. The van der Waals surface area contributed by atoms with Crippen LogP contribution in [0.15, 0.2) is 0 Å². The Morgan fingerprint density at radius 3 is 2.37 bits per heavy atom. The predicted octanol–water partition coefficient (Wildman–Crippen LogP) is 1.46. The van der Waals surface area contributed by atoms with Crippen LogP contribution in [0.2, 0.25) is 0 Å². The molecule has 4 nitrogen and oxygen atoms in total. The lowest BCUT2D eigenvalue weighted by Gasteiger charge is -2.32. The molecule has 0 aromatic rings. The molecule has 2 rings (SSSR count). The number of likely N-dealkylation sites (tertiary alicyclic amines) is 1. The number of nitrogens with one attached hydrogen (secondary N) is 1. The maximum Gasteiger partial charge on any atom is 0.405 e. The van der Waals surface area contributed by atoms with Gasteiger partial charge >= 0.3 is 6.18 Å². The molecule has 1 atom stereocenters. The lowest BCUT2D eigenvalue weighted by molar-refractivity contribution is -0.147. The molecule has 1 heterocycles. The van der Waals surface area contributed by atoms with E-state index in [-0.39, 0.29) is 11.8 Å². The highest BCUT2D eigenvalue weighted by Crippen LogP contribution is 2.31. The van der Waals surface area contributed by atoms with Crippen molar-refractivity contribution >= 4 is 11.8 Å². The van der Waals surface area contributed by atoms with Crippen LogP contribution in [0.1, 0.15) is 32.1 Å². The van der Waals surface area contributed by atoms with E-state index in [2.05, 4.69) is 0 Å². The first-order valence-corrected chi connectivity index (χ1v) is 6.53. The Bertz CT molecular complexity index is 366. The molecule has 1 aliphatic heterocycles. The topological polar surface area (TPSA) is 49.4 Å². The Balaban J connectivity index is 1.90.